The predicted octanol–water partition coefficient (Wildman–Crippen LogP) is 2.54. The SMILES string of the molecule is CCOc1ccccc1OCCn1c(C)ccc([N+](=O)[O-])c1=O. The number of nitrogens with zero attached hydrogens (tertiary/aromatic N) is 2. The van der Waals surface area contributed by atoms with E-state index in [4.69, 9.17) is 9.47 Å². The van der Waals surface area contributed by atoms with Crippen LogP contribution in [0.3, 0.4) is 0 Å². The van der Waals surface area contributed by atoms with Gasteiger partial charge in [-0.25, -0.2) is 0 Å². The van der Waals surface area contributed by atoms with E-state index in [1.54, 1.807) is 25.1 Å². The quantitative estimate of drug-likeness (QED) is 0.578. The van der Waals surface area contributed by atoms with Gasteiger partial charge in [0.1, 0.15) is 6.61 Å². The Hall–Kier alpha value is -2.83. The molecule has 0 aliphatic heterocycles. The van der Waals surface area contributed by atoms with Crippen molar-refractivity contribution in [3.05, 3.63) is 62.6 Å². The maximum atomic E-state index is 12.1. The highest BCUT2D eigenvalue weighted by atomic mass is 16.6. The summed E-state index contributed by atoms with van der Waals surface area (Å²) < 4.78 is 12.4. The van der Waals surface area contributed by atoms with Crippen LogP contribution in [0.15, 0.2) is 41.2 Å². The van der Waals surface area contributed by atoms with Gasteiger partial charge in [0.2, 0.25) is 0 Å². The van der Waals surface area contributed by atoms with Crippen LogP contribution >= 0.6 is 0 Å². The van der Waals surface area contributed by atoms with Crippen LogP contribution in [0.5, 0.6) is 11.5 Å². The molecule has 0 saturated heterocycles. The number of rotatable bonds is 7. The largest absolute Gasteiger partial charge is 0.490 e. The molecule has 0 aliphatic rings. The summed E-state index contributed by atoms with van der Waals surface area (Å²) in [6, 6.07) is 10.0. The average Bonchev–Trinajstić information content (AvgIpc) is 2.52. The molecule has 1 aromatic heterocycles. The van der Waals surface area contributed by atoms with Gasteiger partial charge >= 0.3 is 11.2 Å². The Labute approximate surface area is 133 Å². The molecular weight excluding hydrogens is 300 g/mol. The van der Waals surface area contributed by atoms with Crippen LogP contribution < -0.4 is 15.0 Å². The molecule has 2 rings (SSSR count). The third-order valence-corrected chi connectivity index (χ3v) is 3.29. The second-order valence-corrected chi connectivity index (χ2v) is 4.80. The van der Waals surface area contributed by atoms with E-state index in [2.05, 4.69) is 0 Å². The Morgan fingerprint density at radius 3 is 2.39 bits per heavy atom. The van der Waals surface area contributed by atoms with Crippen molar-refractivity contribution in [3.63, 3.8) is 0 Å². The van der Waals surface area contributed by atoms with E-state index in [1.165, 1.54) is 10.6 Å². The van der Waals surface area contributed by atoms with Gasteiger partial charge in [0.15, 0.2) is 11.5 Å². The Morgan fingerprint density at radius 2 is 1.78 bits per heavy atom. The fraction of sp³-hybridized carbons (Fsp3) is 0.312. The monoisotopic (exact) mass is 318 g/mol. The molecule has 122 valence electrons. The fourth-order valence-electron chi connectivity index (χ4n) is 2.17. The van der Waals surface area contributed by atoms with Gasteiger partial charge in [-0.2, -0.15) is 0 Å². The lowest BCUT2D eigenvalue weighted by Crippen LogP contribution is -2.26. The van der Waals surface area contributed by atoms with Gasteiger partial charge in [-0.15, -0.1) is 0 Å². The highest BCUT2D eigenvalue weighted by Crippen LogP contribution is 2.26. The fourth-order valence-corrected chi connectivity index (χ4v) is 2.17. The first-order valence-corrected chi connectivity index (χ1v) is 7.24. The van der Waals surface area contributed by atoms with Crippen LogP contribution in [0.2, 0.25) is 0 Å². The number of hydrogen-bond acceptors (Lipinski definition) is 5. The summed E-state index contributed by atoms with van der Waals surface area (Å²) in [5.74, 6) is 1.20. The summed E-state index contributed by atoms with van der Waals surface area (Å²) in [5, 5.41) is 10.8. The summed E-state index contributed by atoms with van der Waals surface area (Å²) in [5.41, 5.74) is -0.427. The second-order valence-electron chi connectivity index (χ2n) is 4.80. The molecule has 0 amide bonds. The lowest BCUT2D eigenvalue weighted by molar-refractivity contribution is -0.386. The zero-order valence-electron chi connectivity index (χ0n) is 13.0. The number of hydrogen-bond donors (Lipinski definition) is 0. The van der Waals surface area contributed by atoms with E-state index in [0.717, 1.165) is 0 Å². The van der Waals surface area contributed by atoms with Crippen molar-refractivity contribution in [2.45, 2.75) is 20.4 Å². The first-order valence-electron chi connectivity index (χ1n) is 7.24. The Kier molecular flexibility index (Phi) is 5.35. The zero-order valence-corrected chi connectivity index (χ0v) is 13.0. The van der Waals surface area contributed by atoms with E-state index in [1.807, 2.05) is 19.1 Å². The van der Waals surface area contributed by atoms with Gasteiger partial charge in [-0.3, -0.25) is 14.9 Å². The highest BCUT2D eigenvalue weighted by molar-refractivity contribution is 5.39. The molecule has 1 heterocycles. The number of nitro groups is 1. The molecule has 0 saturated carbocycles. The first kappa shape index (κ1) is 16.5. The lowest BCUT2D eigenvalue weighted by atomic mass is 10.3. The zero-order chi connectivity index (χ0) is 16.8. The summed E-state index contributed by atoms with van der Waals surface area (Å²) in [7, 11) is 0. The minimum atomic E-state index is -0.677. The molecule has 0 bridgehead atoms. The summed E-state index contributed by atoms with van der Waals surface area (Å²) in [6.07, 6.45) is 0. The van der Waals surface area contributed by atoms with Crippen LogP contribution in [0.25, 0.3) is 0 Å². The van der Waals surface area contributed by atoms with Gasteiger partial charge in [-0.1, -0.05) is 12.1 Å². The van der Waals surface area contributed by atoms with Crippen molar-refractivity contribution >= 4 is 5.69 Å². The standard InChI is InChI=1S/C16H18N2O5/c1-3-22-14-6-4-5-7-15(14)23-11-10-17-12(2)8-9-13(16(17)19)18(20)21/h4-9H,3,10-11H2,1-2H3. The van der Waals surface area contributed by atoms with Crippen molar-refractivity contribution in [2.75, 3.05) is 13.2 Å². The number of aromatic nitrogens is 1. The topological polar surface area (TPSA) is 83.6 Å². The highest BCUT2D eigenvalue weighted by Gasteiger charge is 2.15. The van der Waals surface area contributed by atoms with Gasteiger partial charge in [0.25, 0.3) is 0 Å². The molecule has 0 atom stereocenters. The Bertz CT molecular complexity index is 754. The van der Waals surface area contributed by atoms with E-state index >= 15 is 0 Å². The third kappa shape index (κ3) is 3.88. The molecule has 0 N–H and O–H groups in total. The van der Waals surface area contributed by atoms with E-state index in [0.29, 0.717) is 23.8 Å². The minimum Gasteiger partial charge on any atom is -0.490 e. The molecule has 0 fully saturated rings. The first-order chi connectivity index (χ1) is 11.0. The maximum absolute atomic E-state index is 12.1. The molecule has 0 spiro atoms. The van der Waals surface area contributed by atoms with Crippen molar-refractivity contribution in [1.82, 2.24) is 4.57 Å². The molecule has 23 heavy (non-hydrogen) atoms. The number of benzene rings is 1. The molecule has 0 unspecified atom stereocenters. The molecule has 0 radical (unpaired) electrons. The van der Waals surface area contributed by atoms with E-state index < -0.39 is 16.2 Å². The molecule has 2 aromatic rings. The molecule has 7 nitrogen and oxygen atoms in total. The van der Waals surface area contributed by atoms with E-state index in [-0.39, 0.29) is 13.2 Å². The molecule has 1 aromatic carbocycles. The summed E-state index contributed by atoms with van der Waals surface area (Å²) in [6.45, 7) is 4.53. The normalized spacial score (nSPS) is 10.3. The number of para-hydroxylation sites is 2. The van der Waals surface area contributed by atoms with E-state index in [9.17, 15) is 14.9 Å². The van der Waals surface area contributed by atoms with Gasteiger partial charge < -0.3 is 14.0 Å². The Balaban J connectivity index is 2.12. The third-order valence-electron chi connectivity index (χ3n) is 3.29. The van der Waals surface area contributed by atoms with Crippen LogP contribution in [0.4, 0.5) is 5.69 Å². The Morgan fingerprint density at radius 1 is 1.13 bits per heavy atom. The van der Waals surface area contributed by atoms with Crippen molar-refractivity contribution in [3.8, 4) is 11.5 Å². The van der Waals surface area contributed by atoms with Crippen LogP contribution in [0.1, 0.15) is 12.6 Å². The number of ether oxygens (including phenoxy) is 2. The molecular formula is C16H18N2O5. The van der Waals surface area contributed by atoms with Crippen LogP contribution in [-0.4, -0.2) is 22.7 Å². The van der Waals surface area contributed by atoms with Crippen molar-refractivity contribution in [1.29, 1.82) is 0 Å². The molecule has 0 aliphatic carbocycles. The predicted molar refractivity (Wildman–Crippen MR) is 85.2 cm³/mol. The summed E-state index contributed by atoms with van der Waals surface area (Å²) >= 11 is 0. The summed E-state index contributed by atoms with van der Waals surface area (Å²) in [4.78, 5) is 22.2. The average molecular weight is 318 g/mol. The van der Waals surface area contributed by atoms with Gasteiger partial charge in [-0.05, 0) is 32.0 Å². The van der Waals surface area contributed by atoms with Crippen LogP contribution in [-0.2, 0) is 6.54 Å². The van der Waals surface area contributed by atoms with Crippen molar-refractivity contribution in [2.24, 2.45) is 0 Å². The van der Waals surface area contributed by atoms with Crippen molar-refractivity contribution < 1.29 is 14.4 Å². The smallest absolute Gasteiger partial charge is 0.334 e. The second kappa shape index (κ2) is 7.44. The van der Waals surface area contributed by atoms with Gasteiger partial charge in [0.05, 0.1) is 18.1 Å². The number of pyridine rings is 1. The number of aryl methyl sites for hydroxylation is 1. The molecule has 7 heteroatoms. The van der Waals surface area contributed by atoms with Crippen LogP contribution in [0, 0.1) is 17.0 Å². The lowest BCUT2D eigenvalue weighted by Gasteiger charge is -2.13. The minimum absolute atomic E-state index is 0.200. The maximum Gasteiger partial charge on any atom is 0.334 e. The van der Waals surface area contributed by atoms with Gasteiger partial charge in [0, 0.05) is 11.8 Å².